The van der Waals surface area contributed by atoms with Gasteiger partial charge in [0.2, 0.25) is 0 Å². The molecule has 1 aromatic carbocycles. The fourth-order valence-corrected chi connectivity index (χ4v) is 3.66. The molecular weight excluding hydrogens is 204 g/mol. The molecule has 15 heavy (non-hydrogen) atoms. The van der Waals surface area contributed by atoms with Gasteiger partial charge < -0.3 is 0 Å². The summed E-state index contributed by atoms with van der Waals surface area (Å²) in [5.74, 6) is 1.45. The highest BCUT2D eigenvalue weighted by atomic mass is 35.5. The zero-order chi connectivity index (χ0) is 11.1. The van der Waals surface area contributed by atoms with E-state index in [1.807, 2.05) is 0 Å². The molecule has 0 radical (unpaired) electrons. The molecule has 82 valence electrons. The van der Waals surface area contributed by atoms with E-state index in [9.17, 15) is 0 Å². The second-order valence-corrected chi connectivity index (χ2v) is 5.82. The van der Waals surface area contributed by atoms with Gasteiger partial charge in [-0.3, -0.25) is 0 Å². The lowest BCUT2D eigenvalue weighted by Gasteiger charge is -2.14. The summed E-state index contributed by atoms with van der Waals surface area (Å²) < 4.78 is 0. The van der Waals surface area contributed by atoms with E-state index in [1.165, 1.54) is 5.56 Å². The molecule has 0 bridgehead atoms. The largest absolute Gasteiger partial charge is 0.126 e. The van der Waals surface area contributed by atoms with Gasteiger partial charge in [0, 0.05) is 5.88 Å². The maximum atomic E-state index is 6.03. The summed E-state index contributed by atoms with van der Waals surface area (Å²) in [7, 11) is 0. The monoisotopic (exact) mass is 222 g/mol. The summed E-state index contributed by atoms with van der Waals surface area (Å²) >= 11 is 6.03. The highest BCUT2D eigenvalue weighted by Gasteiger charge is 2.66. The van der Waals surface area contributed by atoms with Crippen LogP contribution in [-0.2, 0) is 6.42 Å². The van der Waals surface area contributed by atoms with Gasteiger partial charge in [-0.25, -0.2) is 0 Å². The Balaban J connectivity index is 2.14. The van der Waals surface area contributed by atoms with E-state index in [4.69, 9.17) is 11.6 Å². The summed E-state index contributed by atoms with van der Waals surface area (Å²) in [5.41, 5.74) is 2.21. The van der Waals surface area contributed by atoms with Crippen molar-refractivity contribution in [1.29, 1.82) is 0 Å². The summed E-state index contributed by atoms with van der Waals surface area (Å²) in [6.07, 6.45) is 1.15. The molecule has 2 rings (SSSR count). The van der Waals surface area contributed by atoms with E-state index >= 15 is 0 Å². The standard InChI is InChI=1S/C14H19Cl/c1-13(2)12(10-15)14(13,3)9-11-7-5-4-6-8-11/h4-8,12H,9-10H2,1-3H3. The van der Waals surface area contributed by atoms with Crippen molar-refractivity contribution < 1.29 is 0 Å². The third-order valence-electron chi connectivity index (χ3n) is 4.60. The minimum absolute atomic E-state index is 0.385. The molecule has 0 spiro atoms. The SMILES string of the molecule is CC1(C)C(CCl)C1(C)Cc1ccccc1. The Bertz CT molecular complexity index is 342. The lowest BCUT2D eigenvalue weighted by Crippen LogP contribution is -2.08. The van der Waals surface area contributed by atoms with Crippen LogP contribution in [0.5, 0.6) is 0 Å². The number of benzene rings is 1. The predicted molar refractivity (Wildman–Crippen MR) is 66.2 cm³/mol. The summed E-state index contributed by atoms with van der Waals surface area (Å²) in [5, 5.41) is 0. The summed E-state index contributed by atoms with van der Waals surface area (Å²) in [6, 6.07) is 10.7. The molecule has 1 saturated carbocycles. The van der Waals surface area contributed by atoms with Crippen LogP contribution in [0.4, 0.5) is 0 Å². The molecular formula is C14H19Cl. The highest BCUT2D eigenvalue weighted by molar-refractivity contribution is 6.18. The molecule has 0 N–H and O–H groups in total. The van der Waals surface area contributed by atoms with Crippen molar-refractivity contribution in [3.63, 3.8) is 0 Å². The van der Waals surface area contributed by atoms with Gasteiger partial charge in [0.05, 0.1) is 0 Å². The van der Waals surface area contributed by atoms with Crippen molar-refractivity contribution in [3.05, 3.63) is 35.9 Å². The topological polar surface area (TPSA) is 0 Å². The van der Waals surface area contributed by atoms with Crippen LogP contribution < -0.4 is 0 Å². The molecule has 0 heterocycles. The Morgan fingerprint density at radius 3 is 2.20 bits per heavy atom. The minimum atomic E-state index is 0.385. The van der Waals surface area contributed by atoms with E-state index in [-0.39, 0.29) is 0 Å². The second kappa shape index (κ2) is 3.52. The van der Waals surface area contributed by atoms with Crippen molar-refractivity contribution in [2.24, 2.45) is 16.7 Å². The molecule has 0 aliphatic heterocycles. The van der Waals surface area contributed by atoms with Crippen LogP contribution in [0.25, 0.3) is 0 Å². The predicted octanol–water partition coefficient (Wildman–Crippen LogP) is 4.13. The first-order valence-electron chi connectivity index (χ1n) is 5.62. The van der Waals surface area contributed by atoms with Gasteiger partial charge in [-0.15, -0.1) is 11.6 Å². The summed E-state index contributed by atoms with van der Waals surface area (Å²) in [6.45, 7) is 7.04. The van der Waals surface area contributed by atoms with Crippen LogP contribution in [-0.4, -0.2) is 5.88 Å². The number of hydrogen-bond donors (Lipinski definition) is 0. The van der Waals surface area contributed by atoms with Crippen molar-refractivity contribution in [1.82, 2.24) is 0 Å². The number of halogens is 1. The van der Waals surface area contributed by atoms with Gasteiger partial charge in [-0.05, 0) is 28.7 Å². The van der Waals surface area contributed by atoms with E-state index in [0.29, 0.717) is 16.7 Å². The van der Waals surface area contributed by atoms with Crippen LogP contribution in [0.3, 0.4) is 0 Å². The first-order chi connectivity index (χ1) is 7.02. The fourth-order valence-electron chi connectivity index (χ4n) is 2.93. The third-order valence-corrected chi connectivity index (χ3v) is 4.91. The Hall–Kier alpha value is -0.490. The Kier molecular flexibility index (Phi) is 2.58. The average molecular weight is 223 g/mol. The zero-order valence-electron chi connectivity index (χ0n) is 9.76. The van der Waals surface area contributed by atoms with Crippen molar-refractivity contribution >= 4 is 11.6 Å². The van der Waals surface area contributed by atoms with Crippen molar-refractivity contribution in [2.45, 2.75) is 27.2 Å². The molecule has 0 amide bonds. The first-order valence-corrected chi connectivity index (χ1v) is 6.16. The Labute approximate surface area is 97.6 Å². The zero-order valence-corrected chi connectivity index (χ0v) is 10.5. The van der Waals surface area contributed by atoms with Crippen LogP contribution in [0, 0.1) is 16.7 Å². The molecule has 1 aromatic rings. The number of hydrogen-bond acceptors (Lipinski definition) is 0. The molecule has 0 aromatic heterocycles. The first kappa shape index (κ1) is 11.0. The smallest absolute Gasteiger partial charge is 0.0262 e. The van der Waals surface area contributed by atoms with Gasteiger partial charge in [-0.2, -0.15) is 0 Å². The molecule has 1 fully saturated rings. The van der Waals surface area contributed by atoms with Crippen LogP contribution >= 0.6 is 11.6 Å². The van der Waals surface area contributed by atoms with Gasteiger partial charge in [-0.1, -0.05) is 51.1 Å². The van der Waals surface area contributed by atoms with Gasteiger partial charge in [0.25, 0.3) is 0 Å². The Morgan fingerprint density at radius 2 is 1.73 bits per heavy atom. The van der Waals surface area contributed by atoms with Crippen LogP contribution in [0.1, 0.15) is 26.3 Å². The highest BCUT2D eigenvalue weighted by Crippen LogP contribution is 2.70. The molecule has 1 heteroatoms. The van der Waals surface area contributed by atoms with Crippen molar-refractivity contribution in [3.8, 4) is 0 Å². The number of alkyl halides is 1. The molecule has 1 aliphatic carbocycles. The lowest BCUT2D eigenvalue weighted by molar-refractivity contribution is 0.415. The lowest BCUT2D eigenvalue weighted by atomic mass is 9.90. The van der Waals surface area contributed by atoms with Crippen LogP contribution in [0.15, 0.2) is 30.3 Å². The van der Waals surface area contributed by atoms with Crippen molar-refractivity contribution in [2.75, 3.05) is 5.88 Å². The van der Waals surface area contributed by atoms with Gasteiger partial charge in [0.15, 0.2) is 0 Å². The normalized spacial score (nSPS) is 32.7. The molecule has 2 atom stereocenters. The van der Waals surface area contributed by atoms with E-state index < -0.39 is 0 Å². The average Bonchev–Trinajstić information content (AvgIpc) is 2.60. The Morgan fingerprint density at radius 1 is 1.13 bits per heavy atom. The maximum absolute atomic E-state index is 6.03. The fraction of sp³-hybridized carbons (Fsp3) is 0.571. The molecule has 1 aliphatic rings. The van der Waals surface area contributed by atoms with E-state index in [1.54, 1.807) is 0 Å². The quantitative estimate of drug-likeness (QED) is 0.675. The van der Waals surface area contributed by atoms with E-state index in [2.05, 4.69) is 51.1 Å². The minimum Gasteiger partial charge on any atom is -0.126 e. The van der Waals surface area contributed by atoms with Gasteiger partial charge >= 0.3 is 0 Å². The third kappa shape index (κ3) is 1.59. The molecule has 0 saturated heterocycles. The maximum Gasteiger partial charge on any atom is 0.0262 e. The van der Waals surface area contributed by atoms with Gasteiger partial charge in [0.1, 0.15) is 0 Å². The summed E-state index contributed by atoms with van der Waals surface area (Å²) in [4.78, 5) is 0. The van der Waals surface area contributed by atoms with E-state index in [0.717, 1.165) is 12.3 Å². The molecule has 0 nitrogen and oxygen atoms in total. The molecule has 2 unspecified atom stereocenters. The van der Waals surface area contributed by atoms with Crippen LogP contribution in [0.2, 0.25) is 0 Å². The number of rotatable bonds is 3. The second-order valence-electron chi connectivity index (χ2n) is 5.51.